The van der Waals surface area contributed by atoms with Crippen LogP contribution in [0.2, 0.25) is 0 Å². The van der Waals surface area contributed by atoms with Crippen LogP contribution in [-0.4, -0.2) is 32.1 Å². The van der Waals surface area contributed by atoms with Gasteiger partial charge in [0.1, 0.15) is 0 Å². The summed E-state index contributed by atoms with van der Waals surface area (Å²) in [5, 5.41) is 17.6. The number of hydrogen-bond acceptors (Lipinski definition) is 9. The number of aromatic nitrogens is 4. The lowest BCUT2D eigenvalue weighted by Gasteiger charge is -2.17. The number of nitrogens with zero attached hydrogens (tertiary/aromatic N) is 4. The van der Waals surface area contributed by atoms with E-state index in [1.54, 1.807) is 17.2 Å². The van der Waals surface area contributed by atoms with Crippen LogP contribution in [-0.2, 0) is 17.8 Å². The fourth-order valence-corrected chi connectivity index (χ4v) is 4.52. The van der Waals surface area contributed by atoms with Gasteiger partial charge in [-0.15, -0.1) is 32.9 Å². The van der Waals surface area contributed by atoms with Crippen LogP contribution in [0.25, 0.3) is 9.88 Å². The van der Waals surface area contributed by atoms with Crippen LogP contribution < -0.4 is 10.6 Å². The van der Waals surface area contributed by atoms with Gasteiger partial charge in [-0.2, -0.15) is 0 Å². The Morgan fingerprint density at radius 1 is 1.14 bits per heavy atom. The van der Waals surface area contributed by atoms with E-state index in [9.17, 15) is 4.79 Å². The van der Waals surface area contributed by atoms with Gasteiger partial charge in [-0.25, -0.2) is 4.98 Å². The largest absolute Gasteiger partial charge is 0.300 e. The van der Waals surface area contributed by atoms with Crippen molar-refractivity contribution in [2.24, 2.45) is 0 Å². The minimum Gasteiger partial charge on any atom is -0.300 e. The number of hydrogen-bond donors (Lipinski definition) is 2. The number of thiazole rings is 2. The molecule has 0 aliphatic carbocycles. The molecule has 0 spiro atoms. The molecule has 0 aliphatic rings. The van der Waals surface area contributed by atoms with Crippen molar-refractivity contribution in [2.75, 3.05) is 5.32 Å². The number of anilines is 1. The second-order valence-electron chi connectivity index (χ2n) is 5.87. The second-order valence-corrected chi connectivity index (χ2v) is 8.45. The van der Waals surface area contributed by atoms with Gasteiger partial charge in [0, 0.05) is 18.1 Å². The lowest BCUT2D eigenvalue weighted by molar-refractivity contribution is -0.118. The standard InChI is InChI=1S/C18H16N6OS3/c25-16(22-18-24-23-17(28-18)15-8-19-10-27-15)14(6-12-4-2-1-3-5-12)20-7-13-9-26-11-21-13/h1-5,8-11,14,20H,6-7H2,(H,22,24,25)/t14-/m0/s1. The molecule has 4 rings (SSSR count). The van der Waals surface area contributed by atoms with Gasteiger partial charge in [-0.05, 0) is 12.0 Å². The first-order chi connectivity index (χ1) is 13.8. The van der Waals surface area contributed by atoms with Crippen molar-refractivity contribution < 1.29 is 4.79 Å². The summed E-state index contributed by atoms with van der Waals surface area (Å²) in [6.07, 6.45) is 2.31. The maximum atomic E-state index is 12.9. The quantitative estimate of drug-likeness (QED) is 0.446. The topological polar surface area (TPSA) is 92.7 Å². The predicted octanol–water partition coefficient (Wildman–Crippen LogP) is 3.46. The maximum absolute atomic E-state index is 12.9. The molecule has 0 bridgehead atoms. The summed E-state index contributed by atoms with van der Waals surface area (Å²) in [7, 11) is 0. The van der Waals surface area contributed by atoms with Gasteiger partial charge in [-0.3, -0.25) is 20.4 Å². The average Bonchev–Trinajstić information content (AvgIpc) is 3.48. The molecule has 28 heavy (non-hydrogen) atoms. The molecule has 0 unspecified atom stereocenters. The predicted molar refractivity (Wildman–Crippen MR) is 113 cm³/mol. The van der Waals surface area contributed by atoms with Crippen LogP contribution in [0.1, 0.15) is 11.3 Å². The number of amides is 1. The Hall–Kier alpha value is -2.53. The molecule has 3 aromatic heterocycles. The molecular formula is C18H16N6OS3. The van der Waals surface area contributed by atoms with Gasteiger partial charge < -0.3 is 0 Å². The Morgan fingerprint density at radius 2 is 2.04 bits per heavy atom. The molecule has 1 aromatic carbocycles. The summed E-state index contributed by atoms with van der Waals surface area (Å²) in [4.78, 5) is 22.2. The van der Waals surface area contributed by atoms with Crippen LogP contribution >= 0.6 is 34.0 Å². The van der Waals surface area contributed by atoms with Crippen LogP contribution in [0.3, 0.4) is 0 Å². The van der Waals surface area contributed by atoms with Crippen molar-refractivity contribution in [2.45, 2.75) is 19.0 Å². The lowest BCUT2D eigenvalue weighted by Crippen LogP contribution is -2.41. The molecule has 0 aliphatic heterocycles. The van der Waals surface area contributed by atoms with Crippen molar-refractivity contribution in [1.29, 1.82) is 0 Å². The third-order valence-electron chi connectivity index (χ3n) is 3.91. The van der Waals surface area contributed by atoms with E-state index in [-0.39, 0.29) is 5.91 Å². The average molecular weight is 429 g/mol. The highest BCUT2D eigenvalue weighted by atomic mass is 32.1. The minimum atomic E-state index is -0.417. The summed E-state index contributed by atoms with van der Waals surface area (Å²) in [6, 6.07) is 9.51. The lowest BCUT2D eigenvalue weighted by atomic mass is 10.1. The van der Waals surface area contributed by atoms with E-state index in [1.165, 1.54) is 34.0 Å². The Balaban J connectivity index is 1.45. The normalized spacial score (nSPS) is 12.0. The zero-order valence-corrected chi connectivity index (χ0v) is 17.1. The number of carbonyl (C=O) groups excluding carboxylic acids is 1. The van der Waals surface area contributed by atoms with Gasteiger partial charge in [0.05, 0.1) is 27.6 Å². The SMILES string of the molecule is O=C(Nc1nnc(-c2cncs2)s1)[C@H](Cc1ccccc1)NCc1cscn1. The van der Waals surface area contributed by atoms with Crippen LogP contribution in [0, 0.1) is 0 Å². The number of rotatable bonds is 8. The first-order valence-corrected chi connectivity index (χ1v) is 11.1. The molecule has 1 atom stereocenters. The summed E-state index contributed by atoms with van der Waals surface area (Å²) >= 11 is 4.36. The summed E-state index contributed by atoms with van der Waals surface area (Å²) < 4.78 is 0. The highest BCUT2D eigenvalue weighted by molar-refractivity contribution is 7.22. The van der Waals surface area contributed by atoms with Gasteiger partial charge in [-0.1, -0.05) is 41.7 Å². The van der Waals surface area contributed by atoms with Crippen molar-refractivity contribution in [3.63, 3.8) is 0 Å². The number of nitrogens with one attached hydrogen (secondary N) is 2. The molecule has 0 saturated heterocycles. The summed E-state index contributed by atoms with van der Waals surface area (Å²) in [5.41, 5.74) is 5.52. The summed E-state index contributed by atoms with van der Waals surface area (Å²) in [5.74, 6) is -0.147. The third kappa shape index (κ3) is 4.84. The van der Waals surface area contributed by atoms with Crippen LogP contribution in [0.5, 0.6) is 0 Å². The fraction of sp³-hybridized carbons (Fsp3) is 0.167. The highest BCUT2D eigenvalue weighted by Gasteiger charge is 2.21. The maximum Gasteiger partial charge on any atom is 0.243 e. The van der Waals surface area contributed by atoms with Crippen LogP contribution in [0.4, 0.5) is 5.13 Å². The van der Waals surface area contributed by atoms with Gasteiger partial charge in [0.25, 0.3) is 0 Å². The number of carbonyl (C=O) groups is 1. The van der Waals surface area contributed by atoms with E-state index in [4.69, 9.17) is 0 Å². The van der Waals surface area contributed by atoms with E-state index >= 15 is 0 Å². The van der Waals surface area contributed by atoms with Crippen molar-refractivity contribution in [3.05, 3.63) is 64.2 Å². The van der Waals surface area contributed by atoms with E-state index in [0.717, 1.165) is 21.1 Å². The van der Waals surface area contributed by atoms with E-state index < -0.39 is 6.04 Å². The fourth-order valence-electron chi connectivity index (χ4n) is 2.55. The number of benzene rings is 1. The first-order valence-electron chi connectivity index (χ1n) is 8.45. The second kappa shape index (κ2) is 9.11. The smallest absolute Gasteiger partial charge is 0.243 e. The van der Waals surface area contributed by atoms with Gasteiger partial charge in [0.2, 0.25) is 11.0 Å². The van der Waals surface area contributed by atoms with E-state index in [2.05, 4.69) is 30.8 Å². The Kier molecular flexibility index (Phi) is 6.12. The molecule has 7 nitrogen and oxygen atoms in total. The third-order valence-corrected chi connectivity index (χ3v) is 6.33. The molecule has 4 aromatic rings. The molecular weight excluding hydrogens is 412 g/mol. The monoisotopic (exact) mass is 428 g/mol. The molecule has 0 saturated carbocycles. The highest BCUT2D eigenvalue weighted by Crippen LogP contribution is 2.28. The molecule has 1 amide bonds. The molecule has 3 heterocycles. The van der Waals surface area contributed by atoms with Crippen LogP contribution in [0.15, 0.2) is 52.9 Å². The van der Waals surface area contributed by atoms with E-state index in [1.807, 2.05) is 35.7 Å². The van der Waals surface area contributed by atoms with Gasteiger partial charge >= 0.3 is 0 Å². The first kappa shape index (κ1) is 18.8. The minimum absolute atomic E-state index is 0.147. The Bertz CT molecular complexity index is 1000. The molecule has 142 valence electrons. The Morgan fingerprint density at radius 3 is 2.79 bits per heavy atom. The molecule has 2 N–H and O–H groups in total. The van der Waals surface area contributed by atoms with Crippen molar-refractivity contribution in [1.82, 2.24) is 25.5 Å². The van der Waals surface area contributed by atoms with E-state index in [0.29, 0.717) is 18.1 Å². The molecule has 0 radical (unpaired) electrons. The van der Waals surface area contributed by atoms with Crippen molar-refractivity contribution >= 4 is 45.0 Å². The molecule has 0 fully saturated rings. The molecule has 10 heteroatoms. The summed E-state index contributed by atoms with van der Waals surface area (Å²) in [6.45, 7) is 0.524. The zero-order valence-electron chi connectivity index (χ0n) is 14.6. The van der Waals surface area contributed by atoms with Gasteiger partial charge in [0.15, 0.2) is 5.01 Å². The Labute approximate surface area is 173 Å². The zero-order chi connectivity index (χ0) is 19.2. The van der Waals surface area contributed by atoms with Crippen molar-refractivity contribution in [3.8, 4) is 9.88 Å².